The highest BCUT2D eigenvalue weighted by Crippen LogP contribution is 2.20. The van der Waals surface area contributed by atoms with Gasteiger partial charge >= 0.3 is 0 Å². The van der Waals surface area contributed by atoms with Gasteiger partial charge in [0.25, 0.3) is 5.91 Å². The van der Waals surface area contributed by atoms with Crippen molar-refractivity contribution in [1.82, 2.24) is 19.8 Å². The molecular formula is C30H42N4O2. The highest BCUT2D eigenvalue weighted by Gasteiger charge is 2.25. The summed E-state index contributed by atoms with van der Waals surface area (Å²) in [5, 5.41) is 3.01. The molecule has 1 aromatic heterocycles. The number of imidazole rings is 1. The monoisotopic (exact) mass is 490 g/mol. The van der Waals surface area contributed by atoms with Gasteiger partial charge in [0.05, 0.1) is 11.0 Å². The lowest BCUT2D eigenvalue weighted by molar-refractivity contribution is -0.136. The van der Waals surface area contributed by atoms with Gasteiger partial charge in [0.15, 0.2) is 0 Å². The predicted octanol–water partition coefficient (Wildman–Crippen LogP) is 5.91. The van der Waals surface area contributed by atoms with Gasteiger partial charge in [-0.25, -0.2) is 4.98 Å². The summed E-state index contributed by atoms with van der Waals surface area (Å²) in [6, 6.07) is 16.1. The third kappa shape index (κ3) is 6.96. The van der Waals surface area contributed by atoms with Crippen LogP contribution in [0.1, 0.15) is 81.5 Å². The summed E-state index contributed by atoms with van der Waals surface area (Å²) in [5.41, 5.74) is 3.79. The van der Waals surface area contributed by atoms with Gasteiger partial charge in [0.1, 0.15) is 12.4 Å². The van der Waals surface area contributed by atoms with Crippen LogP contribution in [0.2, 0.25) is 0 Å². The molecule has 194 valence electrons. The second-order valence-electron chi connectivity index (χ2n) is 9.85. The lowest BCUT2D eigenvalue weighted by Crippen LogP contribution is -2.45. The lowest BCUT2D eigenvalue weighted by atomic mass is 10.1. The largest absolute Gasteiger partial charge is 0.352 e. The molecule has 0 bridgehead atoms. The number of unbranched alkanes of at least 4 members (excludes halogenated alkanes) is 2. The summed E-state index contributed by atoms with van der Waals surface area (Å²) in [6.07, 6.45) is 5.53. The number of rotatable bonds is 13. The molecule has 0 saturated carbocycles. The van der Waals surface area contributed by atoms with Crippen molar-refractivity contribution in [3.05, 3.63) is 65.5 Å². The van der Waals surface area contributed by atoms with E-state index in [1.54, 1.807) is 0 Å². The van der Waals surface area contributed by atoms with Crippen LogP contribution in [0, 0.1) is 6.92 Å². The van der Waals surface area contributed by atoms with Gasteiger partial charge in [0.2, 0.25) is 5.91 Å². The second kappa shape index (κ2) is 13.2. The molecule has 6 heteroatoms. The average Bonchev–Trinajstić information content (AvgIpc) is 3.23. The Morgan fingerprint density at radius 3 is 2.28 bits per heavy atom. The fourth-order valence-electron chi connectivity index (χ4n) is 4.62. The maximum atomic E-state index is 13.5. The Bertz CT molecular complexity index is 1130. The molecule has 0 fully saturated rings. The van der Waals surface area contributed by atoms with Crippen LogP contribution < -0.4 is 5.32 Å². The number of carbonyl (C=O) groups is 2. The molecule has 2 amide bonds. The van der Waals surface area contributed by atoms with E-state index >= 15 is 0 Å². The van der Waals surface area contributed by atoms with Gasteiger partial charge in [-0.3, -0.25) is 9.59 Å². The molecule has 0 saturated heterocycles. The van der Waals surface area contributed by atoms with Crippen LogP contribution in [-0.4, -0.2) is 44.9 Å². The molecular weight excluding hydrogens is 448 g/mol. The number of carbonyl (C=O) groups excluding carboxylic acids is 2. The number of benzene rings is 2. The molecule has 0 aliphatic carbocycles. The topological polar surface area (TPSA) is 67.2 Å². The summed E-state index contributed by atoms with van der Waals surface area (Å²) in [5.74, 6) is 1.09. The summed E-state index contributed by atoms with van der Waals surface area (Å²) in [7, 11) is 0. The molecule has 0 radical (unpaired) electrons. The first kappa shape index (κ1) is 27.4. The number of aromatic nitrogens is 2. The van der Waals surface area contributed by atoms with Crippen LogP contribution in [0.15, 0.2) is 48.5 Å². The first-order valence-electron chi connectivity index (χ1n) is 13.5. The van der Waals surface area contributed by atoms with E-state index in [0.717, 1.165) is 60.9 Å². The highest BCUT2D eigenvalue weighted by atomic mass is 16.2. The number of para-hydroxylation sites is 2. The molecule has 36 heavy (non-hydrogen) atoms. The Balaban J connectivity index is 1.59. The van der Waals surface area contributed by atoms with Crippen molar-refractivity contribution < 1.29 is 9.59 Å². The molecule has 6 nitrogen and oxygen atoms in total. The molecule has 1 N–H and O–H groups in total. The standard InChI is InChI=1S/C30H42N4O2/c1-6-23(4)34(24(5)7-2)29(35)21-33-27-14-11-10-13-26(27)32-28(33)15-9-8-12-20-31-30(36)25-18-16-22(3)17-19-25/h10-11,13-14,16-19,23-24H,6-9,12,15,20-21H2,1-5H3,(H,31,36). The Morgan fingerprint density at radius 2 is 1.61 bits per heavy atom. The van der Waals surface area contributed by atoms with Crippen LogP contribution in [0.3, 0.4) is 0 Å². The zero-order valence-corrected chi connectivity index (χ0v) is 22.6. The predicted molar refractivity (Wildman–Crippen MR) is 147 cm³/mol. The van der Waals surface area contributed by atoms with Gasteiger partial charge in [-0.1, -0.05) is 50.1 Å². The van der Waals surface area contributed by atoms with Crippen molar-refractivity contribution in [3.8, 4) is 0 Å². The number of aryl methyl sites for hydroxylation is 2. The third-order valence-corrected chi connectivity index (χ3v) is 7.12. The lowest BCUT2D eigenvalue weighted by Gasteiger charge is -2.34. The summed E-state index contributed by atoms with van der Waals surface area (Å²) >= 11 is 0. The molecule has 3 rings (SSSR count). The number of nitrogens with zero attached hydrogens (tertiary/aromatic N) is 3. The molecule has 0 aliphatic heterocycles. The normalized spacial score (nSPS) is 12.9. The smallest absolute Gasteiger partial charge is 0.251 e. The molecule has 0 aliphatic rings. The van der Waals surface area contributed by atoms with E-state index < -0.39 is 0 Å². The molecule has 1 heterocycles. The van der Waals surface area contributed by atoms with E-state index in [0.29, 0.717) is 18.7 Å². The van der Waals surface area contributed by atoms with Crippen molar-refractivity contribution in [1.29, 1.82) is 0 Å². The molecule has 3 aromatic rings. The Kier molecular flexibility index (Phi) is 10.1. The van der Waals surface area contributed by atoms with Crippen LogP contribution >= 0.6 is 0 Å². The first-order valence-corrected chi connectivity index (χ1v) is 13.5. The van der Waals surface area contributed by atoms with E-state index in [1.165, 1.54) is 0 Å². The van der Waals surface area contributed by atoms with Crippen molar-refractivity contribution in [3.63, 3.8) is 0 Å². The fourth-order valence-corrected chi connectivity index (χ4v) is 4.62. The van der Waals surface area contributed by atoms with Crippen LogP contribution in [-0.2, 0) is 17.8 Å². The van der Waals surface area contributed by atoms with Crippen LogP contribution in [0.25, 0.3) is 11.0 Å². The number of hydrogen-bond acceptors (Lipinski definition) is 3. The van der Waals surface area contributed by atoms with Crippen molar-refractivity contribution >= 4 is 22.8 Å². The van der Waals surface area contributed by atoms with Crippen LogP contribution in [0.5, 0.6) is 0 Å². The Labute approximate surface area is 216 Å². The molecule has 2 atom stereocenters. The van der Waals surface area contributed by atoms with E-state index in [9.17, 15) is 9.59 Å². The Hall–Kier alpha value is -3.15. The van der Waals surface area contributed by atoms with Crippen molar-refractivity contribution in [2.45, 2.75) is 91.8 Å². The average molecular weight is 491 g/mol. The fraction of sp³-hybridized carbons (Fsp3) is 0.500. The number of hydrogen-bond donors (Lipinski definition) is 1. The van der Waals surface area contributed by atoms with Gasteiger partial charge in [0, 0.05) is 30.6 Å². The molecule has 0 spiro atoms. The summed E-state index contributed by atoms with van der Waals surface area (Å²) < 4.78 is 2.11. The Morgan fingerprint density at radius 1 is 0.944 bits per heavy atom. The van der Waals surface area contributed by atoms with Gasteiger partial charge in [-0.2, -0.15) is 0 Å². The van der Waals surface area contributed by atoms with Gasteiger partial charge in [-0.05, 0) is 70.7 Å². The summed E-state index contributed by atoms with van der Waals surface area (Å²) in [4.78, 5) is 32.7. The number of fused-ring (bicyclic) bond motifs is 1. The van der Waals surface area contributed by atoms with Gasteiger partial charge in [-0.15, -0.1) is 0 Å². The first-order chi connectivity index (χ1) is 17.3. The zero-order chi connectivity index (χ0) is 26.1. The van der Waals surface area contributed by atoms with Crippen molar-refractivity contribution in [2.24, 2.45) is 0 Å². The molecule has 2 aromatic carbocycles. The van der Waals surface area contributed by atoms with E-state index in [2.05, 4.69) is 48.5 Å². The minimum atomic E-state index is -0.0255. The van der Waals surface area contributed by atoms with Gasteiger partial charge < -0.3 is 14.8 Å². The van der Waals surface area contributed by atoms with Crippen molar-refractivity contribution in [2.75, 3.05) is 6.54 Å². The number of nitrogens with one attached hydrogen (secondary N) is 1. The summed E-state index contributed by atoms with van der Waals surface area (Å²) in [6.45, 7) is 11.5. The highest BCUT2D eigenvalue weighted by molar-refractivity contribution is 5.94. The van der Waals surface area contributed by atoms with E-state index in [-0.39, 0.29) is 23.9 Å². The maximum Gasteiger partial charge on any atom is 0.251 e. The zero-order valence-electron chi connectivity index (χ0n) is 22.6. The quantitative estimate of drug-likeness (QED) is 0.303. The molecule has 2 unspecified atom stereocenters. The van der Waals surface area contributed by atoms with Crippen LogP contribution in [0.4, 0.5) is 0 Å². The van der Waals surface area contributed by atoms with E-state index in [1.807, 2.05) is 49.4 Å². The maximum absolute atomic E-state index is 13.5. The van der Waals surface area contributed by atoms with E-state index in [4.69, 9.17) is 4.98 Å². The second-order valence-corrected chi connectivity index (χ2v) is 9.85. The minimum Gasteiger partial charge on any atom is -0.352 e. The SMILES string of the molecule is CCC(C)N(C(=O)Cn1c(CCCCCNC(=O)c2ccc(C)cc2)nc2ccccc21)C(C)CC. The third-order valence-electron chi connectivity index (χ3n) is 7.12. The minimum absolute atomic E-state index is 0.0255. The number of amides is 2.